The van der Waals surface area contributed by atoms with E-state index in [1.165, 1.54) is 11.1 Å². The van der Waals surface area contributed by atoms with Gasteiger partial charge in [0.2, 0.25) is 0 Å². The molecule has 20 heavy (non-hydrogen) atoms. The molecule has 1 heterocycles. The van der Waals surface area contributed by atoms with E-state index in [2.05, 4.69) is 43.9 Å². The quantitative estimate of drug-likeness (QED) is 0.892. The molecule has 2 atom stereocenters. The van der Waals surface area contributed by atoms with Crippen molar-refractivity contribution in [2.75, 3.05) is 32.9 Å². The number of morpholine rings is 1. The average molecular weight is 279 g/mol. The highest BCUT2D eigenvalue weighted by atomic mass is 16.5. The molecule has 0 amide bonds. The Hall–Kier alpha value is -1.10. The van der Waals surface area contributed by atoms with Crippen molar-refractivity contribution in [3.05, 3.63) is 29.3 Å². The summed E-state index contributed by atoms with van der Waals surface area (Å²) in [6.07, 6.45) is -0.0631. The first kappa shape index (κ1) is 15.3. The number of nitrogens with zero attached hydrogens (tertiary/aromatic N) is 1. The van der Waals surface area contributed by atoms with Gasteiger partial charge in [-0.15, -0.1) is 0 Å². The molecule has 1 fully saturated rings. The van der Waals surface area contributed by atoms with E-state index < -0.39 is 0 Å². The molecule has 0 saturated carbocycles. The zero-order chi connectivity index (χ0) is 14.5. The molecular weight excluding hydrogens is 254 g/mol. The Balaban J connectivity index is 1.84. The zero-order valence-electron chi connectivity index (χ0n) is 12.6. The largest absolute Gasteiger partial charge is 0.492 e. The minimum Gasteiger partial charge on any atom is -0.492 e. The summed E-state index contributed by atoms with van der Waals surface area (Å²) in [7, 11) is 0. The summed E-state index contributed by atoms with van der Waals surface area (Å²) >= 11 is 0. The Kier molecular flexibility index (Phi) is 5.40. The van der Waals surface area contributed by atoms with Crippen LogP contribution in [0.15, 0.2) is 18.2 Å². The molecule has 0 spiro atoms. The standard InChI is InChI=1S/C16H25NO3/c1-12-4-5-13(2)16(8-12)19-7-6-17-9-15(10-18)20-11-14(17)3/h4-5,8,14-15,18H,6-7,9-11H2,1-3H3. The fourth-order valence-corrected chi connectivity index (χ4v) is 2.43. The van der Waals surface area contributed by atoms with Gasteiger partial charge in [-0.05, 0) is 38.0 Å². The number of ether oxygens (including phenoxy) is 2. The predicted octanol–water partition coefficient (Wildman–Crippen LogP) is 1.76. The highest BCUT2D eigenvalue weighted by molar-refractivity contribution is 5.35. The van der Waals surface area contributed by atoms with Crippen LogP contribution in [0.1, 0.15) is 18.1 Å². The molecule has 0 bridgehead atoms. The molecule has 4 heteroatoms. The third-order valence-corrected chi connectivity index (χ3v) is 3.82. The van der Waals surface area contributed by atoms with E-state index in [0.29, 0.717) is 19.3 Å². The van der Waals surface area contributed by atoms with E-state index in [1.54, 1.807) is 0 Å². The summed E-state index contributed by atoms with van der Waals surface area (Å²) in [6, 6.07) is 6.64. The second kappa shape index (κ2) is 7.07. The lowest BCUT2D eigenvalue weighted by Crippen LogP contribution is -2.50. The van der Waals surface area contributed by atoms with Crippen molar-refractivity contribution in [3.8, 4) is 5.75 Å². The molecule has 1 aliphatic rings. The van der Waals surface area contributed by atoms with E-state index in [9.17, 15) is 5.11 Å². The topological polar surface area (TPSA) is 41.9 Å². The summed E-state index contributed by atoms with van der Waals surface area (Å²) in [5, 5.41) is 9.18. The van der Waals surface area contributed by atoms with Crippen molar-refractivity contribution in [3.63, 3.8) is 0 Å². The van der Waals surface area contributed by atoms with Crippen LogP contribution in [0.25, 0.3) is 0 Å². The summed E-state index contributed by atoms with van der Waals surface area (Å²) in [5.74, 6) is 0.963. The minimum absolute atomic E-state index is 0.0631. The molecule has 1 N–H and O–H groups in total. The Bertz CT molecular complexity index is 436. The molecule has 0 radical (unpaired) electrons. The Labute approximate surface area is 121 Å². The summed E-state index contributed by atoms with van der Waals surface area (Å²) < 4.78 is 11.4. The Morgan fingerprint density at radius 3 is 2.95 bits per heavy atom. The van der Waals surface area contributed by atoms with Crippen LogP contribution in [0, 0.1) is 13.8 Å². The van der Waals surface area contributed by atoms with Crippen molar-refractivity contribution in [1.29, 1.82) is 0 Å². The van der Waals surface area contributed by atoms with Crippen LogP contribution < -0.4 is 4.74 Å². The van der Waals surface area contributed by atoms with Crippen molar-refractivity contribution in [2.45, 2.75) is 32.9 Å². The minimum atomic E-state index is -0.0631. The Morgan fingerprint density at radius 1 is 1.40 bits per heavy atom. The number of hydrogen-bond donors (Lipinski definition) is 1. The number of benzene rings is 1. The smallest absolute Gasteiger partial charge is 0.122 e. The van der Waals surface area contributed by atoms with Crippen LogP contribution in [0.5, 0.6) is 5.75 Å². The molecule has 4 nitrogen and oxygen atoms in total. The molecule has 1 aromatic rings. The van der Waals surface area contributed by atoms with E-state index in [-0.39, 0.29) is 12.7 Å². The van der Waals surface area contributed by atoms with E-state index in [1.807, 2.05) is 0 Å². The lowest BCUT2D eigenvalue weighted by Gasteiger charge is -2.37. The maximum Gasteiger partial charge on any atom is 0.122 e. The van der Waals surface area contributed by atoms with Crippen molar-refractivity contribution in [2.24, 2.45) is 0 Å². The van der Waals surface area contributed by atoms with Crippen LogP contribution in [-0.4, -0.2) is 55.1 Å². The van der Waals surface area contributed by atoms with Gasteiger partial charge < -0.3 is 14.6 Å². The van der Waals surface area contributed by atoms with Gasteiger partial charge in [0.1, 0.15) is 12.4 Å². The first-order valence-electron chi connectivity index (χ1n) is 7.26. The second-order valence-electron chi connectivity index (χ2n) is 5.60. The van der Waals surface area contributed by atoms with Gasteiger partial charge in [-0.1, -0.05) is 12.1 Å². The van der Waals surface area contributed by atoms with Gasteiger partial charge >= 0.3 is 0 Å². The zero-order valence-corrected chi connectivity index (χ0v) is 12.6. The predicted molar refractivity (Wildman–Crippen MR) is 79.3 cm³/mol. The molecular formula is C16H25NO3. The summed E-state index contributed by atoms with van der Waals surface area (Å²) in [5.41, 5.74) is 2.38. The highest BCUT2D eigenvalue weighted by Gasteiger charge is 2.25. The Morgan fingerprint density at radius 2 is 2.20 bits per heavy atom. The molecule has 1 aromatic carbocycles. The van der Waals surface area contributed by atoms with Gasteiger partial charge in [0, 0.05) is 19.1 Å². The van der Waals surface area contributed by atoms with Gasteiger partial charge in [0.05, 0.1) is 19.3 Å². The van der Waals surface area contributed by atoms with E-state index in [0.717, 1.165) is 18.8 Å². The van der Waals surface area contributed by atoms with Crippen LogP contribution >= 0.6 is 0 Å². The maximum atomic E-state index is 9.18. The first-order chi connectivity index (χ1) is 9.60. The summed E-state index contributed by atoms with van der Waals surface area (Å²) in [6.45, 7) is 9.33. The van der Waals surface area contributed by atoms with Gasteiger partial charge in [-0.2, -0.15) is 0 Å². The molecule has 112 valence electrons. The molecule has 1 aliphatic heterocycles. The third-order valence-electron chi connectivity index (χ3n) is 3.82. The van der Waals surface area contributed by atoms with Crippen molar-refractivity contribution in [1.82, 2.24) is 4.90 Å². The fourth-order valence-electron chi connectivity index (χ4n) is 2.43. The molecule has 0 aliphatic carbocycles. The maximum absolute atomic E-state index is 9.18. The second-order valence-corrected chi connectivity index (χ2v) is 5.60. The number of rotatable bonds is 5. The van der Waals surface area contributed by atoms with Crippen LogP contribution in [0.2, 0.25) is 0 Å². The average Bonchev–Trinajstić information content (AvgIpc) is 2.44. The highest BCUT2D eigenvalue weighted by Crippen LogP contribution is 2.19. The molecule has 0 aromatic heterocycles. The van der Waals surface area contributed by atoms with Crippen LogP contribution in [0.4, 0.5) is 0 Å². The number of aryl methyl sites for hydroxylation is 2. The lowest BCUT2D eigenvalue weighted by molar-refractivity contribution is -0.0798. The number of hydrogen-bond acceptors (Lipinski definition) is 4. The fraction of sp³-hybridized carbons (Fsp3) is 0.625. The van der Waals surface area contributed by atoms with Gasteiger partial charge in [0.25, 0.3) is 0 Å². The first-order valence-corrected chi connectivity index (χ1v) is 7.26. The van der Waals surface area contributed by atoms with Crippen LogP contribution in [0.3, 0.4) is 0 Å². The van der Waals surface area contributed by atoms with Gasteiger partial charge in [-0.3, -0.25) is 4.90 Å². The molecule has 1 saturated heterocycles. The monoisotopic (exact) mass is 279 g/mol. The van der Waals surface area contributed by atoms with Gasteiger partial charge in [0.15, 0.2) is 0 Å². The van der Waals surface area contributed by atoms with E-state index >= 15 is 0 Å². The van der Waals surface area contributed by atoms with Crippen molar-refractivity contribution < 1.29 is 14.6 Å². The SMILES string of the molecule is Cc1ccc(C)c(OCCN2CC(CO)OCC2C)c1. The number of aliphatic hydroxyl groups is 1. The van der Waals surface area contributed by atoms with Gasteiger partial charge in [-0.25, -0.2) is 0 Å². The molecule has 2 rings (SSSR count). The lowest BCUT2D eigenvalue weighted by atomic mass is 10.1. The molecule has 2 unspecified atom stereocenters. The number of aliphatic hydroxyl groups excluding tert-OH is 1. The third kappa shape index (κ3) is 3.95. The van der Waals surface area contributed by atoms with Crippen molar-refractivity contribution >= 4 is 0 Å². The normalized spacial score (nSPS) is 23.8. The van der Waals surface area contributed by atoms with E-state index in [4.69, 9.17) is 9.47 Å². The summed E-state index contributed by atoms with van der Waals surface area (Å²) in [4.78, 5) is 2.31. The van der Waals surface area contributed by atoms with Crippen LogP contribution in [-0.2, 0) is 4.74 Å².